The second kappa shape index (κ2) is 16.0. The van der Waals surface area contributed by atoms with E-state index in [-0.39, 0.29) is 40.8 Å². The molecule has 0 N–H and O–H groups in total. The molecule has 0 radical (unpaired) electrons. The molecule has 0 aliphatic rings. The Kier molecular flexibility index (Phi) is 36.0. The maximum Gasteiger partial charge on any atom is 2.00 e. The minimum absolute atomic E-state index is 0. The Balaban J connectivity index is -0.0000000300. The van der Waals surface area contributed by atoms with E-state index in [2.05, 4.69) is 0 Å². The van der Waals surface area contributed by atoms with Crippen molar-refractivity contribution in [3.05, 3.63) is 15.3 Å². The molecule has 8 heteroatoms. The summed E-state index contributed by atoms with van der Waals surface area (Å²) in [5.74, 6) is -1.08. The van der Waals surface area contributed by atoms with Gasteiger partial charge in [0.1, 0.15) is 0 Å². The van der Waals surface area contributed by atoms with Crippen LogP contribution >= 0.6 is 0 Å². The molecule has 0 atom stereocenters. The molecule has 0 aromatic heterocycles. The number of carbonyl (C=O) groups is 1. The van der Waals surface area contributed by atoms with Crippen molar-refractivity contribution in [3.63, 3.8) is 0 Å². The van der Waals surface area contributed by atoms with Crippen LogP contribution < -0.4 is 5.11 Å². The molecule has 10 heavy (non-hydrogen) atoms. The van der Waals surface area contributed by atoms with Crippen LogP contribution in [0.3, 0.4) is 0 Å². The molecule has 64 valence electrons. The Bertz CT molecular complexity index is 75.6. The zero-order valence-corrected chi connectivity index (χ0v) is 7.73. The third-order valence-corrected chi connectivity index (χ3v) is 0. The first-order valence-electron chi connectivity index (χ1n) is 1.46. The van der Waals surface area contributed by atoms with Gasteiger partial charge in [0, 0.05) is 5.97 Å². The molecule has 6 nitrogen and oxygen atoms in total. The Morgan fingerprint density at radius 2 is 1.30 bits per heavy atom. The van der Waals surface area contributed by atoms with Crippen molar-refractivity contribution in [3.8, 4) is 0 Å². The summed E-state index contributed by atoms with van der Waals surface area (Å²) in [6, 6.07) is 0. The third kappa shape index (κ3) is 13800000. The number of hydrogen-bond acceptors (Lipinski definition) is 5. The summed E-state index contributed by atoms with van der Waals surface area (Å²) in [6.07, 6.45) is 0. The summed E-state index contributed by atoms with van der Waals surface area (Å²) >= 11 is 0. The van der Waals surface area contributed by atoms with E-state index < -0.39 is 11.1 Å². The van der Waals surface area contributed by atoms with Crippen molar-refractivity contribution in [2.75, 3.05) is 0 Å². The molecular formula is C2H3NO5Pd2+2. The summed E-state index contributed by atoms with van der Waals surface area (Å²) in [7, 11) is 0. The zero-order valence-electron chi connectivity index (χ0n) is 4.62. The van der Waals surface area contributed by atoms with Crippen LogP contribution in [0.4, 0.5) is 0 Å². The zero-order chi connectivity index (χ0) is 7.15. The number of carboxylic acids is 1. The molecule has 0 heterocycles. The van der Waals surface area contributed by atoms with E-state index >= 15 is 0 Å². The van der Waals surface area contributed by atoms with Crippen LogP contribution in [0.2, 0.25) is 0 Å². The second-order valence-corrected chi connectivity index (χ2v) is 0.715. The van der Waals surface area contributed by atoms with Crippen molar-refractivity contribution in [1.29, 1.82) is 0 Å². The molecule has 0 aliphatic heterocycles. The molecule has 0 rings (SSSR count). The van der Waals surface area contributed by atoms with Gasteiger partial charge >= 0.3 is 40.8 Å². The van der Waals surface area contributed by atoms with E-state index in [4.69, 9.17) is 25.2 Å². The van der Waals surface area contributed by atoms with Crippen LogP contribution in [0, 0.1) is 15.3 Å². The van der Waals surface area contributed by atoms with Gasteiger partial charge in [-0.05, 0) is 6.92 Å². The van der Waals surface area contributed by atoms with Gasteiger partial charge in [-0.3, -0.25) is 0 Å². The van der Waals surface area contributed by atoms with Crippen LogP contribution in [0.1, 0.15) is 6.92 Å². The van der Waals surface area contributed by atoms with Crippen molar-refractivity contribution >= 4 is 5.97 Å². The van der Waals surface area contributed by atoms with Crippen molar-refractivity contribution in [2.45, 2.75) is 6.92 Å². The Labute approximate surface area is 84.0 Å². The van der Waals surface area contributed by atoms with Crippen LogP contribution in [-0.2, 0) is 45.6 Å². The monoisotopic (exact) mass is 333 g/mol. The number of nitrogens with zero attached hydrogens (tertiary/aromatic N) is 1. The molecule has 0 unspecified atom stereocenters. The van der Waals surface area contributed by atoms with Crippen molar-refractivity contribution in [1.82, 2.24) is 0 Å². The fourth-order valence-corrected chi connectivity index (χ4v) is 0. The number of carboxylic acid groups (broad SMARTS) is 1. The first-order chi connectivity index (χ1) is 3.46. The molecule has 0 aliphatic carbocycles. The number of aliphatic carboxylic acids is 1. The van der Waals surface area contributed by atoms with E-state index in [1.54, 1.807) is 0 Å². The van der Waals surface area contributed by atoms with Crippen LogP contribution in [0.5, 0.6) is 0 Å². The van der Waals surface area contributed by atoms with Crippen LogP contribution in [0.15, 0.2) is 0 Å². The number of rotatable bonds is 0. The Morgan fingerprint density at radius 3 is 1.30 bits per heavy atom. The summed E-state index contributed by atoms with van der Waals surface area (Å²) in [5.41, 5.74) is 0. The maximum absolute atomic E-state index is 8.89. The molecular weight excluding hydrogens is 331 g/mol. The molecule has 0 spiro atoms. The minimum Gasteiger partial charge on any atom is -0.550 e. The van der Waals surface area contributed by atoms with E-state index in [1.807, 2.05) is 0 Å². The molecule has 0 aromatic rings. The van der Waals surface area contributed by atoms with Gasteiger partial charge in [-0.2, -0.15) is 0 Å². The van der Waals surface area contributed by atoms with Gasteiger partial charge in [-0.15, -0.1) is 0 Å². The van der Waals surface area contributed by atoms with Gasteiger partial charge in [-0.25, -0.2) is 0 Å². The standard InChI is InChI=1S/C2H4O2.NO3.2Pd/c1-2(3)4;2-1(3)4;;/h1H3,(H,3,4);;;/q;-1;2*+2/p-1. The number of hydrogen-bond donors (Lipinski definition) is 0. The SMILES string of the molecule is CC(=O)[O-].O=[N+]([O-])[O-].[Pd+2].[Pd+2]. The van der Waals surface area contributed by atoms with Crippen LogP contribution in [0.25, 0.3) is 0 Å². The average Bonchev–Trinajstić information content (AvgIpc) is 1.25. The third-order valence-electron chi connectivity index (χ3n) is 0. The molecule has 0 bridgehead atoms. The predicted octanol–water partition coefficient (Wildman–Crippen LogP) is -1.49. The van der Waals surface area contributed by atoms with Gasteiger partial charge in [0.2, 0.25) is 0 Å². The van der Waals surface area contributed by atoms with Gasteiger partial charge in [0.15, 0.2) is 0 Å². The van der Waals surface area contributed by atoms with Crippen molar-refractivity contribution in [2.24, 2.45) is 0 Å². The molecule has 0 aromatic carbocycles. The fourth-order valence-electron chi connectivity index (χ4n) is 0. The largest absolute Gasteiger partial charge is 2.00 e. The summed E-state index contributed by atoms with van der Waals surface area (Å²) < 4.78 is 0. The fraction of sp³-hybridized carbons (Fsp3) is 0.500. The smallest absolute Gasteiger partial charge is 0.550 e. The van der Waals surface area contributed by atoms with E-state index in [1.165, 1.54) is 0 Å². The van der Waals surface area contributed by atoms with E-state index in [9.17, 15) is 0 Å². The molecule has 0 fully saturated rings. The number of carbonyl (C=O) groups excluding carboxylic acids is 1. The topological polar surface area (TPSA) is 106 Å². The van der Waals surface area contributed by atoms with Crippen molar-refractivity contribution < 1.29 is 55.8 Å². The van der Waals surface area contributed by atoms with Gasteiger partial charge in [0.25, 0.3) is 0 Å². The summed E-state index contributed by atoms with van der Waals surface area (Å²) in [6.45, 7) is 0.972. The molecule has 0 amide bonds. The first-order valence-corrected chi connectivity index (χ1v) is 1.46. The average molecular weight is 334 g/mol. The molecule has 0 saturated carbocycles. The predicted molar refractivity (Wildman–Crippen MR) is 21.0 cm³/mol. The van der Waals surface area contributed by atoms with E-state index in [0.29, 0.717) is 0 Å². The van der Waals surface area contributed by atoms with Crippen LogP contribution in [-0.4, -0.2) is 11.1 Å². The summed E-state index contributed by atoms with van der Waals surface area (Å²) in [5, 5.41) is 23.6. The van der Waals surface area contributed by atoms with E-state index in [0.717, 1.165) is 6.92 Å². The van der Waals surface area contributed by atoms with Gasteiger partial charge in [0.05, 0.1) is 5.09 Å². The van der Waals surface area contributed by atoms with Gasteiger partial charge in [-0.1, -0.05) is 0 Å². The molecule has 0 saturated heterocycles. The Morgan fingerprint density at radius 1 is 1.30 bits per heavy atom. The second-order valence-electron chi connectivity index (χ2n) is 0.715. The maximum atomic E-state index is 8.89. The Hall–Kier alpha value is -0.00532. The summed E-state index contributed by atoms with van der Waals surface area (Å²) in [4.78, 5) is 17.1. The van der Waals surface area contributed by atoms with Gasteiger partial charge < -0.3 is 25.2 Å². The normalized spacial score (nSPS) is 4.90. The quantitative estimate of drug-likeness (QED) is 0.305. The minimum atomic E-state index is -1.75. The first kappa shape index (κ1) is 22.5.